The number of hydrogen-bond donors (Lipinski definition) is 6. The second-order valence-corrected chi connectivity index (χ2v) is 13.8. The number of anilines is 1. The number of rotatable bonds is 12. The molecular weight excluding hydrogens is 594 g/mol. The first kappa shape index (κ1) is 33.8. The van der Waals surface area contributed by atoms with E-state index in [2.05, 4.69) is 27.6 Å². The molecule has 1 heterocycles. The lowest BCUT2D eigenvalue weighted by Crippen LogP contribution is -2.61. The average molecular weight is 639 g/mol. The summed E-state index contributed by atoms with van der Waals surface area (Å²) in [6, 6.07) is 17.6. The van der Waals surface area contributed by atoms with Crippen molar-refractivity contribution < 1.29 is 32.7 Å². The standard InChI is InChI=1S/C33H43N5O6S/c1-4-38(21-25-7-5-9-29(40)19-25)18-6-8-27(22-38)34-32(41)31(20-24-10-14-28(39)15-11-24)36-33(42)35-26-12-16-30(17-13-26)45(43,44)37-23(2)3/h5,7,9-17,19,23,27,31,37H,4,6,8,18,20-22H2,1-3H3,(H4-,34,35,36,39,40,41,42)/p+1/t27-,31-,38?/m0/s1. The lowest BCUT2D eigenvalue weighted by molar-refractivity contribution is -0.944. The average Bonchev–Trinajstić information content (AvgIpc) is 2.97. The number of carbonyl (C=O) groups excluding carboxylic acids is 2. The molecular formula is C33H44N5O6S+. The molecule has 3 atom stereocenters. The highest BCUT2D eigenvalue weighted by atomic mass is 32.2. The van der Waals surface area contributed by atoms with E-state index in [1.54, 1.807) is 38.1 Å². The van der Waals surface area contributed by atoms with Crippen molar-refractivity contribution >= 4 is 27.6 Å². The van der Waals surface area contributed by atoms with Crippen LogP contribution in [0.25, 0.3) is 0 Å². The molecule has 3 amide bonds. The fourth-order valence-electron chi connectivity index (χ4n) is 5.83. The number of benzene rings is 3. The molecule has 3 aromatic carbocycles. The number of likely N-dealkylation sites (tertiary alicyclic amines) is 1. The number of aromatic hydroxyl groups is 2. The van der Waals surface area contributed by atoms with Gasteiger partial charge in [-0.2, -0.15) is 0 Å². The predicted molar refractivity (Wildman–Crippen MR) is 173 cm³/mol. The van der Waals surface area contributed by atoms with E-state index in [1.165, 1.54) is 36.4 Å². The summed E-state index contributed by atoms with van der Waals surface area (Å²) in [4.78, 5) is 26.8. The summed E-state index contributed by atoms with van der Waals surface area (Å²) in [7, 11) is -3.68. The lowest BCUT2D eigenvalue weighted by atomic mass is 9.99. The number of nitrogens with one attached hydrogen (secondary N) is 4. The highest BCUT2D eigenvalue weighted by molar-refractivity contribution is 7.89. The van der Waals surface area contributed by atoms with Crippen LogP contribution in [-0.4, -0.2) is 72.8 Å². The van der Waals surface area contributed by atoms with E-state index in [-0.39, 0.29) is 40.8 Å². The summed E-state index contributed by atoms with van der Waals surface area (Å²) in [5, 5.41) is 28.3. The number of urea groups is 1. The van der Waals surface area contributed by atoms with Gasteiger partial charge in [-0.05, 0) is 87.7 Å². The lowest BCUT2D eigenvalue weighted by Gasteiger charge is -2.44. The number of hydrogen-bond acceptors (Lipinski definition) is 6. The van der Waals surface area contributed by atoms with Crippen molar-refractivity contribution in [2.75, 3.05) is 25.0 Å². The summed E-state index contributed by atoms with van der Waals surface area (Å²) in [5.41, 5.74) is 2.16. The monoisotopic (exact) mass is 638 g/mol. The molecule has 0 radical (unpaired) electrons. The van der Waals surface area contributed by atoms with E-state index in [0.717, 1.165) is 54.6 Å². The second-order valence-electron chi connectivity index (χ2n) is 12.1. The van der Waals surface area contributed by atoms with Gasteiger partial charge < -0.3 is 30.6 Å². The molecule has 1 saturated heterocycles. The number of sulfonamides is 1. The Morgan fingerprint density at radius 2 is 1.67 bits per heavy atom. The Kier molecular flexibility index (Phi) is 11.1. The van der Waals surface area contributed by atoms with E-state index in [1.807, 2.05) is 12.1 Å². The van der Waals surface area contributed by atoms with Crippen molar-refractivity contribution in [3.8, 4) is 11.5 Å². The highest BCUT2D eigenvalue weighted by Crippen LogP contribution is 2.25. The third-order valence-corrected chi connectivity index (χ3v) is 9.72. The van der Waals surface area contributed by atoms with E-state index in [0.29, 0.717) is 5.69 Å². The van der Waals surface area contributed by atoms with Gasteiger partial charge in [0.15, 0.2) is 0 Å². The fourth-order valence-corrected chi connectivity index (χ4v) is 7.08. The minimum atomic E-state index is -3.68. The Morgan fingerprint density at radius 3 is 2.31 bits per heavy atom. The number of nitrogens with zero attached hydrogens (tertiary/aromatic N) is 1. The molecule has 4 rings (SSSR count). The summed E-state index contributed by atoms with van der Waals surface area (Å²) in [5.74, 6) is 0.00848. The number of amides is 3. The molecule has 0 spiro atoms. The fraction of sp³-hybridized carbons (Fsp3) is 0.394. The van der Waals surface area contributed by atoms with Crippen molar-refractivity contribution in [1.29, 1.82) is 0 Å². The molecule has 3 aromatic rings. The van der Waals surface area contributed by atoms with Gasteiger partial charge in [0.1, 0.15) is 24.1 Å². The summed E-state index contributed by atoms with van der Waals surface area (Å²) in [6.45, 7) is 8.88. The first-order valence-electron chi connectivity index (χ1n) is 15.3. The molecule has 1 unspecified atom stereocenters. The number of phenolic OH excluding ortho intramolecular Hbond substituents is 2. The maximum absolute atomic E-state index is 13.7. The van der Waals surface area contributed by atoms with Crippen molar-refractivity contribution in [2.45, 2.75) is 69.6 Å². The van der Waals surface area contributed by atoms with Crippen LogP contribution in [0.3, 0.4) is 0 Å². The molecule has 0 saturated carbocycles. The zero-order valence-electron chi connectivity index (χ0n) is 26.0. The topological polar surface area (TPSA) is 157 Å². The van der Waals surface area contributed by atoms with E-state index in [9.17, 15) is 28.2 Å². The van der Waals surface area contributed by atoms with Crippen molar-refractivity contribution in [3.63, 3.8) is 0 Å². The molecule has 0 aliphatic carbocycles. The van der Waals surface area contributed by atoms with Gasteiger partial charge in [0.05, 0.1) is 30.6 Å². The number of carbonyl (C=O) groups is 2. The van der Waals surface area contributed by atoms with Crippen LogP contribution >= 0.6 is 0 Å². The first-order chi connectivity index (χ1) is 21.4. The van der Waals surface area contributed by atoms with Crippen LogP contribution in [0.15, 0.2) is 77.7 Å². The smallest absolute Gasteiger partial charge is 0.319 e. The van der Waals surface area contributed by atoms with Crippen molar-refractivity contribution in [2.24, 2.45) is 0 Å². The first-order valence-corrected chi connectivity index (χ1v) is 16.8. The van der Waals surface area contributed by atoms with Gasteiger partial charge in [0.2, 0.25) is 15.9 Å². The quantitative estimate of drug-likeness (QED) is 0.166. The van der Waals surface area contributed by atoms with Gasteiger partial charge in [-0.1, -0.05) is 24.3 Å². The molecule has 1 aliphatic heterocycles. The minimum absolute atomic E-state index is 0.0739. The minimum Gasteiger partial charge on any atom is -0.508 e. The van der Waals surface area contributed by atoms with Crippen LogP contribution < -0.4 is 20.7 Å². The van der Waals surface area contributed by atoms with Crippen LogP contribution in [0, 0.1) is 0 Å². The van der Waals surface area contributed by atoms with Gasteiger partial charge in [0.25, 0.3) is 0 Å². The maximum Gasteiger partial charge on any atom is 0.319 e. The number of likely N-dealkylation sites (N-methyl/N-ethyl adjacent to an activating group) is 1. The van der Waals surface area contributed by atoms with Crippen LogP contribution in [-0.2, 0) is 27.8 Å². The number of quaternary nitrogens is 1. The van der Waals surface area contributed by atoms with Crippen LogP contribution in [0.5, 0.6) is 11.5 Å². The largest absolute Gasteiger partial charge is 0.508 e. The SMILES string of the molecule is CC[N+]1(Cc2cccc(O)c2)CCC[C@H](NC(=O)[C@H](Cc2ccc(O)cc2)NC(=O)Nc2ccc(S(=O)(=O)NC(C)C)cc2)C1. The van der Waals surface area contributed by atoms with Gasteiger partial charge in [-0.3, -0.25) is 4.79 Å². The third-order valence-electron chi connectivity index (χ3n) is 8.05. The molecule has 6 N–H and O–H groups in total. The Hall–Kier alpha value is -4.13. The molecule has 0 bridgehead atoms. The van der Waals surface area contributed by atoms with Crippen LogP contribution in [0.2, 0.25) is 0 Å². The van der Waals surface area contributed by atoms with Gasteiger partial charge in [0, 0.05) is 23.7 Å². The number of piperidine rings is 1. The molecule has 45 heavy (non-hydrogen) atoms. The predicted octanol–water partition coefficient (Wildman–Crippen LogP) is 3.83. The van der Waals surface area contributed by atoms with E-state index >= 15 is 0 Å². The van der Waals surface area contributed by atoms with Gasteiger partial charge in [-0.15, -0.1) is 0 Å². The number of phenols is 2. The normalized spacial score (nSPS) is 19.1. The Labute approximate surface area is 265 Å². The van der Waals surface area contributed by atoms with Gasteiger partial charge in [-0.25, -0.2) is 17.9 Å². The van der Waals surface area contributed by atoms with E-state index in [4.69, 9.17) is 0 Å². The van der Waals surface area contributed by atoms with Crippen molar-refractivity contribution in [3.05, 3.63) is 83.9 Å². The van der Waals surface area contributed by atoms with E-state index < -0.39 is 22.1 Å². The Bertz CT molecular complexity index is 1560. The Balaban J connectivity index is 1.45. The Morgan fingerprint density at radius 1 is 0.956 bits per heavy atom. The summed E-state index contributed by atoms with van der Waals surface area (Å²) < 4.78 is 28.2. The molecule has 1 fully saturated rings. The summed E-state index contributed by atoms with van der Waals surface area (Å²) in [6.07, 6.45) is 1.93. The summed E-state index contributed by atoms with van der Waals surface area (Å²) >= 11 is 0. The zero-order valence-corrected chi connectivity index (χ0v) is 26.8. The third kappa shape index (κ3) is 9.68. The van der Waals surface area contributed by atoms with Crippen LogP contribution in [0.4, 0.5) is 10.5 Å². The molecule has 12 heteroatoms. The van der Waals surface area contributed by atoms with Crippen LogP contribution in [0.1, 0.15) is 44.7 Å². The molecule has 1 aliphatic rings. The highest BCUT2D eigenvalue weighted by Gasteiger charge is 2.36. The molecule has 11 nitrogen and oxygen atoms in total. The molecule has 242 valence electrons. The van der Waals surface area contributed by atoms with Gasteiger partial charge >= 0.3 is 6.03 Å². The zero-order chi connectivity index (χ0) is 32.6. The maximum atomic E-state index is 13.7. The van der Waals surface area contributed by atoms with Crippen molar-refractivity contribution in [1.82, 2.24) is 15.4 Å². The molecule has 0 aromatic heterocycles. The second kappa shape index (κ2) is 14.8.